The maximum atomic E-state index is 13.3. The fraction of sp³-hybridized carbons (Fsp3) is 0.417. The number of nitrogens with two attached hydrogens (primary N) is 1. The fourth-order valence-electron chi connectivity index (χ4n) is 1.29. The topological polar surface area (TPSA) is 64.4 Å². The van der Waals surface area contributed by atoms with Crippen LogP contribution in [0.2, 0.25) is 0 Å². The summed E-state index contributed by atoms with van der Waals surface area (Å²) in [6.45, 7) is 2.16. The van der Waals surface area contributed by atoms with Gasteiger partial charge in [0.25, 0.3) is 0 Å². The monoisotopic (exact) mass is 276 g/mol. The maximum Gasteiger partial charge on any atom is 0.233 e. The Morgan fingerprint density at radius 2 is 2.17 bits per heavy atom. The standard InChI is InChI=1S/C12H17FN2O2.ClH/c1-2-9(8-15-12(16)7-14)17-11-6-4-3-5-10(11)13;/h3-6,9H,2,7-8,14H2,1H3,(H,15,16);1H. The van der Waals surface area contributed by atoms with Crippen LogP contribution in [0.5, 0.6) is 5.75 Å². The van der Waals surface area contributed by atoms with Gasteiger partial charge >= 0.3 is 0 Å². The van der Waals surface area contributed by atoms with Gasteiger partial charge in [-0.25, -0.2) is 4.39 Å². The van der Waals surface area contributed by atoms with E-state index in [9.17, 15) is 9.18 Å². The molecule has 1 unspecified atom stereocenters. The molecule has 0 saturated heterocycles. The Morgan fingerprint density at radius 1 is 1.50 bits per heavy atom. The van der Waals surface area contributed by atoms with Crippen LogP contribution in [-0.2, 0) is 4.79 Å². The van der Waals surface area contributed by atoms with Gasteiger partial charge < -0.3 is 15.8 Å². The van der Waals surface area contributed by atoms with Crippen molar-refractivity contribution in [1.29, 1.82) is 0 Å². The average Bonchev–Trinajstić information content (AvgIpc) is 2.36. The highest BCUT2D eigenvalue weighted by atomic mass is 35.5. The molecule has 0 fully saturated rings. The van der Waals surface area contributed by atoms with E-state index in [1.54, 1.807) is 18.2 Å². The Kier molecular flexibility index (Phi) is 8.07. The number of hydrogen-bond donors (Lipinski definition) is 2. The van der Waals surface area contributed by atoms with Crippen molar-refractivity contribution in [3.63, 3.8) is 0 Å². The molecule has 102 valence electrons. The predicted octanol–water partition coefficient (Wildman–Crippen LogP) is 1.48. The third kappa shape index (κ3) is 5.33. The number of benzene rings is 1. The van der Waals surface area contributed by atoms with Gasteiger partial charge in [0, 0.05) is 0 Å². The second kappa shape index (κ2) is 8.72. The van der Waals surface area contributed by atoms with Crippen molar-refractivity contribution in [2.45, 2.75) is 19.4 Å². The zero-order valence-electron chi connectivity index (χ0n) is 10.2. The molecule has 6 heteroatoms. The second-order valence-corrected chi connectivity index (χ2v) is 3.59. The third-order valence-electron chi connectivity index (χ3n) is 2.30. The minimum atomic E-state index is -0.406. The van der Waals surface area contributed by atoms with E-state index in [1.807, 2.05) is 6.92 Å². The zero-order valence-corrected chi connectivity index (χ0v) is 11.0. The lowest BCUT2D eigenvalue weighted by Crippen LogP contribution is -2.38. The zero-order chi connectivity index (χ0) is 12.7. The first kappa shape index (κ1) is 16.7. The molecule has 0 aliphatic rings. The minimum Gasteiger partial charge on any atom is -0.486 e. The lowest BCUT2D eigenvalue weighted by atomic mass is 10.2. The number of rotatable bonds is 6. The van der Waals surface area contributed by atoms with E-state index in [0.29, 0.717) is 13.0 Å². The summed E-state index contributed by atoms with van der Waals surface area (Å²) in [5.41, 5.74) is 5.16. The van der Waals surface area contributed by atoms with E-state index < -0.39 is 5.82 Å². The molecule has 0 aliphatic carbocycles. The molecule has 3 N–H and O–H groups in total. The summed E-state index contributed by atoms with van der Waals surface area (Å²) in [6.07, 6.45) is 0.404. The third-order valence-corrected chi connectivity index (χ3v) is 2.30. The van der Waals surface area contributed by atoms with E-state index in [2.05, 4.69) is 5.32 Å². The molecule has 0 saturated carbocycles. The first-order chi connectivity index (χ1) is 8.17. The smallest absolute Gasteiger partial charge is 0.233 e. The van der Waals surface area contributed by atoms with Gasteiger partial charge in [0.2, 0.25) is 5.91 Å². The van der Waals surface area contributed by atoms with Gasteiger partial charge in [0.15, 0.2) is 11.6 Å². The molecule has 0 heterocycles. The number of carbonyl (C=O) groups excluding carboxylic acids is 1. The quantitative estimate of drug-likeness (QED) is 0.827. The van der Waals surface area contributed by atoms with Gasteiger partial charge in [-0.15, -0.1) is 12.4 Å². The molecule has 18 heavy (non-hydrogen) atoms. The summed E-state index contributed by atoms with van der Waals surface area (Å²) in [4.78, 5) is 11.0. The number of nitrogens with one attached hydrogen (secondary N) is 1. The Hall–Kier alpha value is -1.33. The molecular weight excluding hydrogens is 259 g/mol. The lowest BCUT2D eigenvalue weighted by molar-refractivity contribution is -0.120. The van der Waals surface area contributed by atoms with Gasteiger partial charge in [0.05, 0.1) is 13.1 Å². The number of carbonyl (C=O) groups is 1. The normalized spacial score (nSPS) is 11.3. The van der Waals surface area contributed by atoms with E-state index in [0.717, 1.165) is 0 Å². The molecule has 1 aromatic carbocycles. The molecule has 0 spiro atoms. The van der Waals surface area contributed by atoms with Crippen LogP contribution in [0.4, 0.5) is 4.39 Å². The Balaban J connectivity index is 0.00000289. The van der Waals surface area contributed by atoms with E-state index in [1.165, 1.54) is 6.07 Å². The molecule has 1 rings (SSSR count). The summed E-state index contributed by atoms with van der Waals surface area (Å²) in [7, 11) is 0. The molecule has 0 radical (unpaired) electrons. The average molecular weight is 277 g/mol. The molecule has 1 aromatic rings. The van der Waals surface area contributed by atoms with Crippen LogP contribution in [-0.4, -0.2) is 25.1 Å². The molecule has 1 atom stereocenters. The first-order valence-electron chi connectivity index (χ1n) is 5.55. The number of ether oxygens (including phenoxy) is 1. The molecule has 1 amide bonds. The number of halogens is 2. The van der Waals surface area contributed by atoms with Crippen molar-refractivity contribution in [2.24, 2.45) is 5.73 Å². The molecule has 0 aliphatic heterocycles. The van der Waals surface area contributed by atoms with Gasteiger partial charge in [-0.05, 0) is 18.6 Å². The van der Waals surface area contributed by atoms with E-state index >= 15 is 0 Å². The van der Waals surface area contributed by atoms with Gasteiger partial charge in [-0.2, -0.15) is 0 Å². The number of hydrogen-bond acceptors (Lipinski definition) is 3. The van der Waals surface area contributed by atoms with Crippen molar-refractivity contribution >= 4 is 18.3 Å². The van der Waals surface area contributed by atoms with Crippen LogP contribution in [0, 0.1) is 5.82 Å². The van der Waals surface area contributed by atoms with Crippen molar-refractivity contribution < 1.29 is 13.9 Å². The van der Waals surface area contributed by atoms with Crippen LogP contribution in [0.15, 0.2) is 24.3 Å². The van der Waals surface area contributed by atoms with Crippen molar-refractivity contribution in [3.8, 4) is 5.75 Å². The summed E-state index contributed by atoms with van der Waals surface area (Å²) >= 11 is 0. The summed E-state index contributed by atoms with van der Waals surface area (Å²) in [5.74, 6) is -0.460. The van der Waals surface area contributed by atoms with Crippen LogP contribution >= 0.6 is 12.4 Å². The Labute approximate surface area is 112 Å². The lowest BCUT2D eigenvalue weighted by Gasteiger charge is -2.18. The van der Waals surface area contributed by atoms with Crippen molar-refractivity contribution in [2.75, 3.05) is 13.1 Å². The van der Waals surface area contributed by atoms with E-state index in [4.69, 9.17) is 10.5 Å². The Bertz CT molecular complexity index is 377. The molecule has 0 bridgehead atoms. The highest BCUT2D eigenvalue weighted by Gasteiger charge is 2.11. The highest BCUT2D eigenvalue weighted by molar-refractivity contribution is 5.85. The predicted molar refractivity (Wildman–Crippen MR) is 70.4 cm³/mol. The number of amides is 1. The Morgan fingerprint density at radius 3 is 2.72 bits per heavy atom. The first-order valence-corrected chi connectivity index (χ1v) is 5.55. The van der Waals surface area contributed by atoms with Gasteiger partial charge in [-0.3, -0.25) is 4.79 Å². The second-order valence-electron chi connectivity index (χ2n) is 3.59. The van der Waals surface area contributed by atoms with Crippen molar-refractivity contribution in [3.05, 3.63) is 30.1 Å². The SMILES string of the molecule is CCC(CNC(=O)CN)Oc1ccccc1F.Cl. The van der Waals surface area contributed by atoms with Crippen LogP contribution in [0.3, 0.4) is 0 Å². The maximum absolute atomic E-state index is 13.3. The van der Waals surface area contributed by atoms with Crippen LogP contribution in [0.1, 0.15) is 13.3 Å². The summed E-state index contributed by atoms with van der Waals surface area (Å²) in [6, 6.07) is 6.19. The molecule has 0 aromatic heterocycles. The van der Waals surface area contributed by atoms with Crippen LogP contribution in [0.25, 0.3) is 0 Å². The largest absolute Gasteiger partial charge is 0.486 e. The molecular formula is C12H18ClFN2O2. The fourth-order valence-corrected chi connectivity index (χ4v) is 1.29. The minimum absolute atomic E-state index is 0. The summed E-state index contributed by atoms with van der Waals surface area (Å²) in [5, 5.41) is 2.61. The van der Waals surface area contributed by atoms with Crippen LogP contribution < -0.4 is 15.8 Å². The summed E-state index contributed by atoms with van der Waals surface area (Å²) < 4.78 is 18.8. The number of para-hydroxylation sites is 1. The van der Waals surface area contributed by atoms with Gasteiger partial charge in [-0.1, -0.05) is 19.1 Å². The van der Waals surface area contributed by atoms with E-state index in [-0.39, 0.29) is 36.7 Å². The highest BCUT2D eigenvalue weighted by Crippen LogP contribution is 2.17. The molecule has 4 nitrogen and oxygen atoms in total. The van der Waals surface area contributed by atoms with Crippen molar-refractivity contribution in [1.82, 2.24) is 5.32 Å². The van der Waals surface area contributed by atoms with Gasteiger partial charge in [0.1, 0.15) is 6.10 Å².